The average Bonchev–Trinajstić information content (AvgIpc) is 1.72. The van der Waals surface area contributed by atoms with Crippen LogP contribution in [-0.4, -0.2) is 124 Å². The number of carboxylic acid groups (broad SMARTS) is 1. The molecular weight excluding hydrogens is 1170 g/mol. The van der Waals surface area contributed by atoms with E-state index in [0.717, 1.165) is 98.9 Å². The number of hydrogen-bond acceptors (Lipinski definition) is 19. The average molecular weight is 1270 g/mol. The molecule has 0 radical (unpaired) electrons. The van der Waals surface area contributed by atoms with E-state index in [1.54, 1.807) is 0 Å². The first-order valence-electron chi connectivity index (χ1n) is 33.9. The maximum absolute atomic E-state index is 12.1. The summed E-state index contributed by atoms with van der Waals surface area (Å²) in [4.78, 5) is 76.9. The number of aliphatic carboxylic acids is 1. The second-order valence-corrected chi connectivity index (χ2v) is 29.6. The maximum atomic E-state index is 12.1. The number of benzene rings is 1. The van der Waals surface area contributed by atoms with Gasteiger partial charge in [-0.2, -0.15) is 0 Å². The fourth-order valence-corrected chi connectivity index (χ4v) is 18.2. The first kappa shape index (κ1) is 67.1. The Hall–Kier alpha value is -3.35. The van der Waals surface area contributed by atoms with Gasteiger partial charge >= 0.3 is 17.9 Å². The Morgan fingerprint density at radius 2 is 1.19 bits per heavy atom. The molecule has 2 unspecified atom stereocenters. The predicted molar refractivity (Wildman–Crippen MR) is 327 cm³/mol. The zero-order valence-corrected chi connectivity index (χ0v) is 55.7. The van der Waals surface area contributed by atoms with Crippen molar-refractivity contribution in [3.05, 3.63) is 35.5 Å². The van der Waals surface area contributed by atoms with E-state index >= 15 is 0 Å². The van der Waals surface area contributed by atoms with Gasteiger partial charge in [-0.3, -0.25) is 19.4 Å². The lowest BCUT2D eigenvalue weighted by Crippen LogP contribution is -2.70. The highest BCUT2D eigenvalue weighted by Gasteiger charge is 2.73. The Kier molecular flexibility index (Phi) is 19.9. The zero-order chi connectivity index (χ0) is 63.6. The molecule has 12 aliphatic heterocycles. The monoisotopic (exact) mass is 1270 g/mol. The third-order valence-electron chi connectivity index (χ3n) is 23.5. The molecule has 20 nitrogen and oxygen atoms in total. The van der Waals surface area contributed by atoms with E-state index in [4.69, 9.17) is 79.2 Å². The number of hydrogen-bond donors (Lipinski definition) is 2. The van der Waals surface area contributed by atoms with Gasteiger partial charge in [-0.05, 0) is 185 Å². The van der Waals surface area contributed by atoms with Gasteiger partial charge in [0.15, 0.2) is 29.4 Å². The standard InChI is InChI=1S/C19H28O8.C18H26ClN3.C16H26O4.C15H22O5/c1-10-4-5-13-11(2)16(23-15(22)7-6-14(20)21)24-17-19(13)12(10)8-9-18(3,25-17)26-27-19;1-4-22(5-2)12-6-7-14(3)21-17-10-11-20-18-13-15(19)8-9-16(17)18;1-9-5-6-13-10(2)11(3)17-14-16(13)12(9)7-8-15(4,18-14)19-20-16;1-8-4-5-11-9(2)12(16)17-13-15(11)10(8)6-7-14(3,18-13)19-20-15/h10-13,16-17H,4-9H2,1-3H3,(H,20,21);8-11,13-14H,4-7,12H2,1-3H3,(H,20,21);9-14H,5-8H2,1-4H3;8-11,13H,4-7H2,1-3H3/t10-,11-,12+,13+,16-,17-,18+,19-;;9-,10+,11?,12+,13+,14-,15+,16-;8-,9-,10+,11+,13-,14+,15-/m1.11/s1. The summed E-state index contributed by atoms with van der Waals surface area (Å²) < 4.78 is 41.8. The molecule has 15 aliphatic rings. The molecule has 0 amide bonds. The summed E-state index contributed by atoms with van der Waals surface area (Å²) in [5.74, 6) is -0.526. The van der Waals surface area contributed by atoms with E-state index in [1.165, 1.54) is 25.8 Å². The summed E-state index contributed by atoms with van der Waals surface area (Å²) in [5, 5.41) is 14.2. The van der Waals surface area contributed by atoms with Crippen LogP contribution in [0, 0.1) is 71.0 Å². The summed E-state index contributed by atoms with van der Waals surface area (Å²) in [6.45, 7) is 31.0. The van der Waals surface area contributed by atoms with Crippen LogP contribution in [0.5, 0.6) is 0 Å². The quantitative estimate of drug-likeness (QED) is 0.149. The summed E-state index contributed by atoms with van der Waals surface area (Å²) in [6, 6.07) is 8.35. The third kappa shape index (κ3) is 12.7. The van der Waals surface area contributed by atoms with E-state index in [2.05, 4.69) is 70.6 Å². The number of anilines is 1. The van der Waals surface area contributed by atoms with Crippen LogP contribution in [0.15, 0.2) is 30.5 Å². The Balaban J connectivity index is 0.000000123. The first-order valence-corrected chi connectivity index (χ1v) is 34.3. The minimum atomic E-state index is -1.03. The van der Waals surface area contributed by atoms with Crippen LogP contribution in [0.1, 0.15) is 193 Å². The molecule has 6 bridgehead atoms. The second-order valence-electron chi connectivity index (χ2n) is 29.1. The number of pyridine rings is 1. The molecule has 3 aliphatic carbocycles. The molecular formula is C68H102ClN3O17. The van der Waals surface area contributed by atoms with Gasteiger partial charge in [0, 0.05) is 77.2 Å². The van der Waals surface area contributed by atoms with Crippen molar-refractivity contribution in [3.63, 3.8) is 0 Å². The summed E-state index contributed by atoms with van der Waals surface area (Å²) in [7, 11) is 0. The van der Waals surface area contributed by atoms with E-state index in [-0.39, 0.29) is 66.4 Å². The van der Waals surface area contributed by atoms with Crippen molar-refractivity contribution in [2.24, 2.45) is 71.0 Å². The summed E-state index contributed by atoms with van der Waals surface area (Å²) >= 11 is 6.04. The maximum Gasteiger partial charge on any atom is 0.311 e. The topological polar surface area (TPSA) is 220 Å². The van der Waals surface area contributed by atoms with E-state index in [1.807, 2.05) is 65.1 Å². The van der Waals surface area contributed by atoms with Gasteiger partial charge in [0.2, 0.25) is 29.9 Å². The number of halogens is 1. The Bertz CT molecular complexity index is 2830. The molecule has 3 spiro atoms. The van der Waals surface area contributed by atoms with Crippen LogP contribution in [0.4, 0.5) is 5.69 Å². The second kappa shape index (κ2) is 26.4. The third-order valence-corrected chi connectivity index (χ3v) is 23.7. The van der Waals surface area contributed by atoms with Crippen LogP contribution in [0.2, 0.25) is 5.02 Å². The Morgan fingerprint density at radius 3 is 1.74 bits per heavy atom. The molecule has 1 aromatic carbocycles. The lowest BCUT2D eigenvalue weighted by molar-refractivity contribution is -0.576. The smallest absolute Gasteiger partial charge is 0.311 e. The number of ether oxygens (including phenoxy) is 7. The fourth-order valence-electron chi connectivity index (χ4n) is 18.0. The number of carboxylic acids is 1. The van der Waals surface area contributed by atoms with E-state index in [0.29, 0.717) is 53.9 Å². The van der Waals surface area contributed by atoms with E-state index < -0.39 is 59.4 Å². The predicted octanol–water partition coefficient (Wildman–Crippen LogP) is 13.1. The van der Waals surface area contributed by atoms with Crippen LogP contribution in [0.3, 0.4) is 0 Å². The van der Waals surface area contributed by atoms with Crippen LogP contribution in [0.25, 0.3) is 10.9 Å². The molecule has 21 heteroatoms. The van der Waals surface area contributed by atoms with Gasteiger partial charge in [0.05, 0.1) is 30.4 Å². The number of nitrogens with zero attached hydrogens (tertiary/aromatic N) is 2. The molecule has 24 atom stereocenters. The summed E-state index contributed by atoms with van der Waals surface area (Å²) in [6.07, 6.45) is 13.6. The fraction of sp³-hybridized carbons (Fsp3) is 0.824. The van der Waals surface area contributed by atoms with Crippen molar-refractivity contribution >= 4 is 46.1 Å². The summed E-state index contributed by atoms with van der Waals surface area (Å²) in [5.41, 5.74) is 0.377. The van der Waals surface area contributed by atoms with Crippen LogP contribution < -0.4 is 5.32 Å². The number of carbonyl (C=O) groups excluding carboxylic acids is 2. The first-order chi connectivity index (χ1) is 42.3. The Morgan fingerprint density at radius 1 is 0.674 bits per heavy atom. The van der Waals surface area contributed by atoms with Gasteiger partial charge in [0.1, 0.15) is 0 Å². The molecule has 17 rings (SSSR count). The molecule has 498 valence electrons. The molecule has 2 N–H and O–H groups in total. The lowest BCUT2D eigenvalue weighted by atomic mass is 9.57. The number of rotatable bonds is 12. The highest BCUT2D eigenvalue weighted by Crippen LogP contribution is 2.63. The number of carbonyl (C=O) groups is 3. The normalized spacial score (nSPS) is 44.7. The lowest BCUT2D eigenvalue weighted by Gasteiger charge is -2.60. The molecule has 2 aromatic rings. The van der Waals surface area contributed by atoms with Crippen molar-refractivity contribution < 1.29 is 82.0 Å². The highest BCUT2D eigenvalue weighted by atomic mass is 35.5. The van der Waals surface area contributed by atoms with Crippen molar-refractivity contribution in [2.45, 2.75) is 264 Å². The van der Waals surface area contributed by atoms with Crippen molar-refractivity contribution in [3.8, 4) is 0 Å². The zero-order valence-electron chi connectivity index (χ0n) is 55.0. The Labute approximate surface area is 531 Å². The number of fused-ring (bicyclic) bond motifs is 7. The molecule has 3 saturated carbocycles. The van der Waals surface area contributed by atoms with Crippen LogP contribution in [-0.2, 0) is 76.9 Å². The van der Waals surface area contributed by atoms with Gasteiger partial charge in [-0.15, -0.1) is 0 Å². The highest BCUT2D eigenvalue weighted by molar-refractivity contribution is 6.31. The van der Waals surface area contributed by atoms with Crippen molar-refractivity contribution in [2.75, 3.05) is 25.0 Å². The van der Waals surface area contributed by atoms with Crippen LogP contribution >= 0.6 is 11.6 Å². The van der Waals surface area contributed by atoms with Crippen molar-refractivity contribution in [1.29, 1.82) is 0 Å². The van der Waals surface area contributed by atoms with Gasteiger partial charge in [0.25, 0.3) is 0 Å². The molecule has 89 heavy (non-hydrogen) atoms. The van der Waals surface area contributed by atoms with E-state index in [9.17, 15) is 14.4 Å². The van der Waals surface area contributed by atoms with Gasteiger partial charge in [-0.1, -0.05) is 67.0 Å². The minimum Gasteiger partial charge on any atom is -0.481 e. The number of nitrogens with one attached hydrogen (secondary N) is 1. The van der Waals surface area contributed by atoms with Crippen molar-refractivity contribution in [1.82, 2.24) is 9.88 Å². The molecule has 13 heterocycles. The molecule has 15 fully saturated rings. The number of aromatic nitrogens is 1. The van der Waals surface area contributed by atoms with Gasteiger partial charge < -0.3 is 48.5 Å². The number of esters is 2. The van der Waals surface area contributed by atoms with Gasteiger partial charge in [-0.25, -0.2) is 29.3 Å². The molecule has 1 aromatic heterocycles. The SMILES string of the molecule is CC1O[C@@H]2O[C@]3(C)CC[C@H]4[C@H](C)CC[C@@H]([C@H]1C)[C@@]24OO3.CCN(CC)CCCC(C)Nc1ccnc2cc(Cl)ccc12.C[C@@H]1CC[C@H]2[C@@H](C)C(=O)O[C@@H]3O[C@]4(C)CC[C@@H]1[C@]32OO4.C[C@H]1[C@H](OC(=O)CCC(=O)O)O[C@@H]2O[C@]3(C)CC[C@H]4[C@H](C)CC[C@@H]1[C@@]24OO3. The molecule has 12 saturated heterocycles. The minimum absolute atomic E-state index is 0.0670. The largest absolute Gasteiger partial charge is 0.481 e.